The standard InChI is InChI=1S/C17H19Cl2N3S2/c1-2-23-17-21-14-7-4-10-24-15(14)16(22-17)20-9-8-11-12(18)5-3-6-13(11)19/h3,5-6H,2,4,7-10H2,1H3,(H,20,21,22). The summed E-state index contributed by atoms with van der Waals surface area (Å²) in [6.07, 6.45) is 2.98. The van der Waals surface area contributed by atoms with E-state index in [4.69, 9.17) is 33.2 Å². The number of halogens is 2. The molecule has 0 fully saturated rings. The van der Waals surface area contributed by atoms with Gasteiger partial charge in [-0.25, -0.2) is 9.97 Å². The molecule has 0 radical (unpaired) electrons. The molecule has 0 atom stereocenters. The fraction of sp³-hybridized carbons (Fsp3) is 0.412. The van der Waals surface area contributed by atoms with Gasteiger partial charge in [-0.05, 0) is 48.5 Å². The molecule has 7 heteroatoms. The topological polar surface area (TPSA) is 37.8 Å². The number of rotatable bonds is 6. The van der Waals surface area contributed by atoms with Crippen LogP contribution in [0.3, 0.4) is 0 Å². The Morgan fingerprint density at radius 1 is 1.25 bits per heavy atom. The Kier molecular flexibility index (Phi) is 6.56. The van der Waals surface area contributed by atoms with E-state index in [1.807, 2.05) is 30.0 Å². The Balaban J connectivity index is 1.75. The molecule has 0 bridgehead atoms. The van der Waals surface area contributed by atoms with Gasteiger partial charge in [0, 0.05) is 16.6 Å². The molecule has 1 aromatic carbocycles. The van der Waals surface area contributed by atoms with Crippen LogP contribution in [0.25, 0.3) is 0 Å². The van der Waals surface area contributed by atoms with Crippen LogP contribution in [0.4, 0.5) is 5.82 Å². The largest absolute Gasteiger partial charge is 0.369 e. The quantitative estimate of drug-likeness (QED) is 0.506. The lowest BCUT2D eigenvalue weighted by Gasteiger charge is -2.19. The Bertz CT molecular complexity index is 705. The van der Waals surface area contributed by atoms with Crippen LogP contribution >= 0.6 is 46.7 Å². The number of nitrogens with zero attached hydrogens (tertiary/aromatic N) is 2. The number of benzene rings is 1. The monoisotopic (exact) mass is 399 g/mol. The third kappa shape index (κ3) is 4.31. The second kappa shape index (κ2) is 8.65. The van der Waals surface area contributed by atoms with Crippen LogP contribution in [-0.4, -0.2) is 28.0 Å². The van der Waals surface area contributed by atoms with Crippen LogP contribution in [0.5, 0.6) is 0 Å². The molecule has 3 rings (SSSR count). The fourth-order valence-corrected chi connectivity index (χ4v) is 4.84. The van der Waals surface area contributed by atoms with Crippen molar-refractivity contribution in [3.8, 4) is 0 Å². The second-order valence-electron chi connectivity index (χ2n) is 5.39. The lowest BCUT2D eigenvalue weighted by Crippen LogP contribution is -2.13. The Morgan fingerprint density at radius 3 is 2.79 bits per heavy atom. The van der Waals surface area contributed by atoms with E-state index in [1.54, 1.807) is 11.8 Å². The molecule has 0 unspecified atom stereocenters. The molecule has 0 saturated heterocycles. The number of nitrogens with one attached hydrogen (secondary N) is 1. The smallest absolute Gasteiger partial charge is 0.189 e. The summed E-state index contributed by atoms with van der Waals surface area (Å²) in [4.78, 5) is 10.6. The molecule has 3 nitrogen and oxygen atoms in total. The highest BCUT2D eigenvalue weighted by Gasteiger charge is 2.18. The number of anilines is 1. The third-order valence-corrected chi connectivity index (χ3v) is 6.37. The minimum Gasteiger partial charge on any atom is -0.369 e. The summed E-state index contributed by atoms with van der Waals surface area (Å²) in [5.74, 6) is 3.05. The molecular formula is C17H19Cl2N3S2. The van der Waals surface area contributed by atoms with Crippen molar-refractivity contribution in [1.82, 2.24) is 9.97 Å². The fourth-order valence-electron chi connectivity index (χ4n) is 2.60. The summed E-state index contributed by atoms with van der Waals surface area (Å²) >= 11 is 16.0. The first kappa shape index (κ1) is 18.2. The van der Waals surface area contributed by atoms with E-state index in [2.05, 4.69) is 12.2 Å². The van der Waals surface area contributed by atoms with Gasteiger partial charge in [-0.1, -0.05) is 48.0 Å². The van der Waals surface area contributed by atoms with Crippen molar-refractivity contribution in [2.45, 2.75) is 36.2 Å². The first-order valence-electron chi connectivity index (χ1n) is 8.02. The van der Waals surface area contributed by atoms with Crippen LogP contribution < -0.4 is 5.32 Å². The SMILES string of the molecule is CCSc1nc2c(c(NCCc3c(Cl)cccc3Cl)n1)SCCC2. The van der Waals surface area contributed by atoms with E-state index in [0.29, 0.717) is 10.0 Å². The maximum atomic E-state index is 6.25. The van der Waals surface area contributed by atoms with Crippen LogP contribution in [0.2, 0.25) is 10.0 Å². The molecule has 1 N–H and O–H groups in total. The van der Waals surface area contributed by atoms with Gasteiger partial charge >= 0.3 is 0 Å². The number of aryl methyl sites for hydroxylation is 1. The van der Waals surface area contributed by atoms with Gasteiger partial charge in [0.25, 0.3) is 0 Å². The zero-order chi connectivity index (χ0) is 16.9. The van der Waals surface area contributed by atoms with Crippen molar-refractivity contribution < 1.29 is 0 Å². The molecular weight excluding hydrogens is 381 g/mol. The van der Waals surface area contributed by atoms with E-state index in [1.165, 1.54) is 17.0 Å². The molecule has 1 aliphatic rings. The summed E-state index contributed by atoms with van der Waals surface area (Å²) in [6, 6.07) is 5.62. The predicted molar refractivity (Wildman–Crippen MR) is 106 cm³/mol. The molecule has 128 valence electrons. The minimum atomic E-state index is 0.714. The van der Waals surface area contributed by atoms with Crippen LogP contribution in [0.1, 0.15) is 24.6 Å². The van der Waals surface area contributed by atoms with E-state index in [9.17, 15) is 0 Å². The molecule has 0 aliphatic carbocycles. The maximum absolute atomic E-state index is 6.25. The number of hydrogen-bond acceptors (Lipinski definition) is 5. The maximum Gasteiger partial charge on any atom is 0.189 e. The summed E-state index contributed by atoms with van der Waals surface area (Å²) in [6.45, 7) is 2.86. The number of fused-ring (bicyclic) bond motifs is 1. The van der Waals surface area contributed by atoms with Gasteiger partial charge in [0.2, 0.25) is 0 Å². The average Bonchev–Trinajstić information content (AvgIpc) is 2.58. The van der Waals surface area contributed by atoms with Crippen molar-refractivity contribution in [2.75, 3.05) is 23.4 Å². The van der Waals surface area contributed by atoms with E-state index in [-0.39, 0.29) is 0 Å². The highest BCUT2D eigenvalue weighted by molar-refractivity contribution is 7.99. The molecule has 1 aromatic heterocycles. The summed E-state index contributed by atoms with van der Waals surface area (Å²) in [5.41, 5.74) is 2.16. The summed E-state index contributed by atoms with van der Waals surface area (Å²) in [7, 11) is 0. The van der Waals surface area contributed by atoms with Gasteiger partial charge in [-0.15, -0.1) is 11.8 Å². The molecule has 0 spiro atoms. The number of thioether (sulfide) groups is 2. The zero-order valence-corrected chi connectivity index (χ0v) is 16.6. The minimum absolute atomic E-state index is 0.714. The Labute approximate surface area is 161 Å². The van der Waals surface area contributed by atoms with Crippen molar-refractivity contribution in [3.63, 3.8) is 0 Å². The Hall–Kier alpha value is -0.620. The lowest BCUT2D eigenvalue weighted by atomic mass is 10.1. The first-order valence-corrected chi connectivity index (χ1v) is 10.7. The van der Waals surface area contributed by atoms with Gasteiger partial charge in [0.1, 0.15) is 5.82 Å². The van der Waals surface area contributed by atoms with Gasteiger partial charge in [-0.3, -0.25) is 0 Å². The van der Waals surface area contributed by atoms with Gasteiger partial charge in [-0.2, -0.15) is 0 Å². The number of hydrogen-bond donors (Lipinski definition) is 1. The highest BCUT2D eigenvalue weighted by Crippen LogP contribution is 2.35. The molecule has 2 aromatic rings. The highest BCUT2D eigenvalue weighted by atomic mass is 35.5. The second-order valence-corrected chi connectivity index (χ2v) is 8.54. The van der Waals surface area contributed by atoms with Crippen LogP contribution in [-0.2, 0) is 12.8 Å². The summed E-state index contributed by atoms with van der Waals surface area (Å²) < 4.78 is 0. The summed E-state index contributed by atoms with van der Waals surface area (Å²) in [5, 5.41) is 5.76. The Morgan fingerprint density at radius 2 is 2.04 bits per heavy atom. The predicted octanol–water partition coefficient (Wildman–Crippen LogP) is 5.59. The zero-order valence-electron chi connectivity index (χ0n) is 13.4. The average molecular weight is 400 g/mol. The van der Waals surface area contributed by atoms with Crippen molar-refractivity contribution >= 4 is 52.5 Å². The first-order chi connectivity index (χ1) is 11.7. The molecule has 2 heterocycles. The van der Waals surface area contributed by atoms with Crippen LogP contribution in [0.15, 0.2) is 28.3 Å². The van der Waals surface area contributed by atoms with Crippen molar-refractivity contribution in [1.29, 1.82) is 0 Å². The van der Waals surface area contributed by atoms with Gasteiger partial charge in [0.15, 0.2) is 5.16 Å². The van der Waals surface area contributed by atoms with E-state index in [0.717, 1.165) is 47.4 Å². The molecule has 0 amide bonds. The van der Waals surface area contributed by atoms with Crippen LogP contribution in [0, 0.1) is 0 Å². The number of aromatic nitrogens is 2. The molecule has 0 saturated carbocycles. The van der Waals surface area contributed by atoms with E-state index < -0.39 is 0 Å². The normalized spacial score (nSPS) is 13.6. The van der Waals surface area contributed by atoms with Gasteiger partial charge in [0.05, 0.1) is 10.6 Å². The third-order valence-electron chi connectivity index (χ3n) is 3.72. The van der Waals surface area contributed by atoms with Crippen molar-refractivity contribution in [3.05, 3.63) is 39.5 Å². The molecule has 24 heavy (non-hydrogen) atoms. The lowest BCUT2D eigenvalue weighted by molar-refractivity contribution is 0.782. The van der Waals surface area contributed by atoms with E-state index >= 15 is 0 Å². The van der Waals surface area contributed by atoms with Crippen molar-refractivity contribution in [2.24, 2.45) is 0 Å². The molecule has 1 aliphatic heterocycles. The van der Waals surface area contributed by atoms with Gasteiger partial charge < -0.3 is 5.32 Å².